The molecule has 86 valence electrons. The van der Waals surface area contributed by atoms with Gasteiger partial charge in [-0.05, 0) is 42.8 Å². The molecule has 0 radical (unpaired) electrons. The molecule has 2 rings (SSSR count). The van der Waals surface area contributed by atoms with Crippen LogP contribution in [0.2, 0.25) is 0 Å². The molecule has 4 nitrogen and oxygen atoms in total. The van der Waals surface area contributed by atoms with Gasteiger partial charge < -0.3 is 11.1 Å². The predicted octanol–water partition coefficient (Wildman–Crippen LogP) is 2.22. The van der Waals surface area contributed by atoms with Crippen LogP contribution in [0.25, 0.3) is 0 Å². The highest BCUT2D eigenvalue weighted by atomic mass is 16.1. The summed E-state index contributed by atoms with van der Waals surface area (Å²) in [5.41, 5.74) is 8.62. The lowest BCUT2D eigenvalue weighted by Crippen LogP contribution is -2.12. The number of amides is 1. The van der Waals surface area contributed by atoms with Gasteiger partial charge in [-0.25, -0.2) is 0 Å². The molecule has 1 aromatic carbocycles. The van der Waals surface area contributed by atoms with Crippen LogP contribution in [0.15, 0.2) is 42.7 Å². The standard InChI is InChI=1S/C13H13N3O/c1-9-8-11(14)2-3-12(9)16-13(17)10-4-6-15-7-5-10/h2-8H,14H2,1H3,(H,16,17). The van der Waals surface area contributed by atoms with E-state index < -0.39 is 0 Å². The van der Waals surface area contributed by atoms with Crippen LogP contribution in [0.1, 0.15) is 15.9 Å². The van der Waals surface area contributed by atoms with Crippen molar-refractivity contribution in [3.63, 3.8) is 0 Å². The zero-order valence-corrected chi connectivity index (χ0v) is 9.47. The van der Waals surface area contributed by atoms with Crippen molar-refractivity contribution in [1.82, 2.24) is 4.98 Å². The molecule has 3 N–H and O–H groups in total. The van der Waals surface area contributed by atoms with Crippen LogP contribution in [0.3, 0.4) is 0 Å². The summed E-state index contributed by atoms with van der Waals surface area (Å²) in [7, 11) is 0. The fourth-order valence-electron chi connectivity index (χ4n) is 1.52. The summed E-state index contributed by atoms with van der Waals surface area (Å²) >= 11 is 0. The first kappa shape index (κ1) is 11.1. The summed E-state index contributed by atoms with van der Waals surface area (Å²) in [4.78, 5) is 15.7. The third-order valence-electron chi connectivity index (χ3n) is 2.44. The van der Waals surface area contributed by atoms with Gasteiger partial charge in [-0.1, -0.05) is 0 Å². The molecule has 0 saturated heterocycles. The van der Waals surface area contributed by atoms with Crippen LogP contribution in [-0.2, 0) is 0 Å². The number of hydrogen-bond donors (Lipinski definition) is 2. The van der Waals surface area contributed by atoms with Crippen LogP contribution in [-0.4, -0.2) is 10.9 Å². The zero-order valence-electron chi connectivity index (χ0n) is 9.47. The zero-order chi connectivity index (χ0) is 12.3. The quantitative estimate of drug-likeness (QED) is 0.773. The van der Waals surface area contributed by atoms with Crippen molar-refractivity contribution in [2.24, 2.45) is 0 Å². The summed E-state index contributed by atoms with van der Waals surface area (Å²) in [5.74, 6) is -0.153. The third-order valence-corrected chi connectivity index (χ3v) is 2.44. The van der Waals surface area contributed by atoms with E-state index in [2.05, 4.69) is 10.3 Å². The Balaban J connectivity index is 2.19. The number of carbonyl (C=O) groups excluding carboxylic acids is 1. The molecule has 0 aliphatic heterocycles. The minimum absolute atomic E-state index is 0.153. The number of aryl methyl sites for hydroxylation is 1. The Morgan fingerprint density at radius 1 is 1.24 bits per heavy atom. The molecule has 1 aromatic heterocycles. The van der Waals surface area contributed by atoms with Crippen molar-refractivity contribution in [2.75, 3.05) is 11.1 Å². The number of benzene rings is 1. The number of aromatic nitrogens is 1. The second-order valence-corrected chi connectivity index (χ2v) is 3.76. The maximum Gasteiger partial charge on any atom is 0.255 e. The second-order valence-electron chi connectivity index (χ2n) is 3.76. The van der Waals surface area contributed by atoms with Crippen LogP contribution in [0.4, 0.5) is 11.4 Å². The van der Waals surface area contributed by atoms with E-state index in [0.29, 0.717) is 11.3 Å². The average molecular weight is 227 g/mol. The van der Waals surface area contributed by atoms with E-state index in [-0.39, 0.29) is 5.91 Å². The molecule has 0 aliphatic rings. The number of hydrogen-bond acceptors (Lipinski definition) is 3. The number of nitrogens with zero attached hydrogens (tertiary/aromatic N) is 1. The number of carbonyl (C=O) groups is 1. The molecular weight excluding hydrogens is 214 g/mol. The van der Waals surface area contributed by atoms with Crippen LogP contribution < -0.4 is 11.1 Å². The Morgan fingerprint density at radius 3 is 2.59 bits per heavy atom. The molecule has 17 heavy (non-hydrogen) atoms. The van der Waals surface area contributed by atoms with Crippen molar-refractivity contribution in [2.45, 2.75) is 6.92 Å². The van der Waals surface area contributed by atoms with E-state index in [0.717, 1.165) is 11.3 Å². The van der Waals surface area contributed by atoms with Crippen molar-refractivity contribution in [3.8, 4) is 0 Å². The second kappa shape index (κ2) is 4.65. The number of nitrogens with two attached hydrogens (primary N) is 1. The summed E-state index contributed by atoms with van der Waals surface area (Å²) < 4.78 is 0. The summed E-state index contributed by atoms with van der Waals surface area (Å²) in [6.45, 7) is 1.90. The Morgan fingerprint density at radius 2 is 1.94 bits per heavy atom. The van der Waals surface area contributed by atoms with Gasteiger partial charge in [-0.3, -0.25) is 9.78 Å². The Labute approximate surface area is 99.5 Å². The highest BCUT2D eigenvalue weighted by Crippen LogP contribution is 2.18. The van der Waals surface area contributed by atoms with Crippen molar-refractivity contribution < 1.29 is 4.79 Å². The maximum atomic E-state index is 11.9. The normalized spacial score (nSPS) is 9.94. The summed E-state index contributed by atoms with van der Waals surface area (Å²) in [5, 5.41) is 2.83. The summed E-state index contributed by atoms with van der Waals surface area (Å²) in [6, 6.07) is 8.71. The first-order valence-electron chi connectivity index (χ1n) is 5.24. The number of nitrogen functional groups attached to an aromatic ring is 1. The number of rotatable bonds is 2. The smallest absolute Gasteiger partial charge is 0.255 e. The molecule has 0 saturated carbocycles. The fraction of sp³-hybridized carbons (Fsp3) is 0.0769. The molecule has 0 atom stereocenters. The molecule has 0 spiro atoms. The number of pyridine rings is 1. The highest BCUT2D eigenvalue weighted by Gasteiger charge is 2.06. The number of anilines is 2. The van der Waals surface area contributed by atoms with E-state index in [1.54, 1.807) is 36.7 Å². The predicted molar refractivity (Wildman–Crippen MR) is 67.8 cm³/mol. The average Bonchev–Trinajstić information content (AvgIpc) is 2.34. The van der Waals surface area contributed by atoms with Gasteiger partial charge in [-0.2, -0.15) is 0 Å². The van der Waals surface area contributed by atoms with Crippen LogP contribution >= 0.6 is 0 Å². The topological polar surface area (TPSA) is 68.0 Å². The minimum atomic E-state index is -0.153. The molecule has 4 heteroatoms. The van der Waals surface area contributed by atoms with Gasteiger partial charge in [0.2, 0.25) is 0 Å². The lowest BCUT2D eigenvalue weighted by Gasteiger charge is -2.08. The molecule has 0 unspecified atom stereocenters. The minimum Gasteiger partial charge on any atom is -0.399 e. The van der Waals surface area contributed by atoms with Crippen molar-refractivity contribution in [1.29, 1.82) is 0 Å². The molecule has 2 aromatic rings. The first-order valence-corrected chi connectivity index (χ1v) is 5.24. The highest BCUT2D eigenvalue weighted by molar-refractivity contribution is 6.04. The van der Waals surface area contributed by atoms with Gasteiger partial charge in [0.25, 0.3) is 5.91 Å². The van der Waals surface area contributed by atoms with Gasteiger partial charge in [0, 0.05) is 29.3 Å². The molecule has 0 aliphatic carbocycles. The fourth-order valence-corrected chi connectivity index (χ4v) is 1.52. The molecule has 1 amide bonds. The van der Waals surface area contributed by atoms with Crippen LogP contribution in [0.5, 0.6) is 0 Å². The molecule has 1 heterocycles. The van der Waals surface area contributed by atoms with Gasteiger partial charge in [0.1, 0.15) is 0 Å². The molecule has 0 fully saturated rings. The Hall–Kier alpha value is -2.36. The van der Waals surface area contributed by atoms with Crippen molar-refractivity contribution >= 4 is 17.3 Å². The third kappa shape index (κ3) is 2.60. The molecule has 0 bridgehead atoms. The SMILES string of the molecule is Cc1cc(N)ccc1NC(=O)c1ccncc1. The first-order chi connectivity index (χ1) is 8.16. The van der Waals surface area contributed by atoms with Gasteiger partial charge in [0.15, 0.2) is 0 Å². The Bertz CT molecular complexity index is 538. The lowest BCUT2D eigenvalue weighted by molar-refractivity contribution is 0.102. The lowest BCUT2D eigenvalue weighted by atomic mass is 10.1. The van der Waals surface area contributed by atoms with Gasteiger partial charge in [-0.15, -0.1) is 0 Å². The van der Waals surface area contributed by atoms with Crippen LogP contribution in [0, 0.1) is 6.92 Å². The maximum absolute atomic E-state index is 11.9. The van der Waals surface area contributed by atoms with Crippen molar-refractivity contribution in [3.05, 3.63) is 53.9 Å². The van der Waals surface area contributed by atoms with Gasteiger partial charge in [0.05, 0.1) is 0 Å². The largest absolute Gasteiger partial charge is 0.399 e. The van der Waals surface area contributed by atoms with E-state index in [9.17, 15) is 4.79 Å². The Kier molecular flexibility index (Phi) is 3.05. The monoisotopic (exact) mass is 227 g/mol. The van der Waals surface area contributed by atoms with E-state index in [4.69, 9.17) is 5.73 Å². The number of nitrogens with one attached hydrogen (secondary N) is 1. The van der Waals surface area contributed by atoms with Gasteiger partial charge >= 0.3 is 0 Å². The van der Waals surface area contributed by atoms with E-state index in [1.165, 1.54) is 0 Å². The van der Waals surface area contributed by atoms with E-state index in [1.807, 2.05) is 13.0 Å². The summed E-state index contributed by atoms with van der Waals surface area (Å²) in [6.07, 6.45) is 3.18. The van der Waals surface area contributed by atoms with E-state index >= 15 is 0 Å². The molecular formula is C13H13N3O.